The predicted octanol–water partition coefficient (Wildman–Crippen LogP) is 5.56. The molecule has 9 heteroatoms. The first kappa shape index (κ1) is 40.0. The first-order chi connectivity index (χ1) is 20.3. The fraction of sp³-hybridized carbons (Fsp3) is 0.879. The number of amides is 2. The summed E-state index contributed by atoms with van der Waals surface area (Å²) in [5.74, 6) is -1.55. The first-order valence-electron chi connectivity index (χ1n) is 17.0. The number of unbranched alkanes of at least 4 members (excludes halogenated alkanes) is 14. The molecule has 9 nitrogen and oxygen atoms in total. The molecule has 0 spiro atoms. The zero-order valence-electron chi connectivity index (χ0n) is 27.1. The van der Waals surface area contributed by atoms with Crippen LogP contribution in [0.5, 0.6) is 0 Å². The highest BCUT2D eigenvalue weighted by molar-refractivity contribution is 6.02. The molecule has 0 aromatic carbocycles. The molecule has 0 saturated heterocycles. The third-order valence-electron chi connectivity index (χ3n) is 7.85. The van der Waals surface area contributed by atoms with Gasteiger partial charge < -0.3 is 25.9 Å². The van der Waals surface area contributed by atoms with Crippen LogP contribution in [0.25, 0.3) is 0 Å². The third kappa shape index (κ3) is 24.6. The minimum atomic E-state index is -1.13. The summed E-state index contributed by atoms with van der Waals surface area (Å²) in [5.41, 5.74) is 10.5. The van der Waals surface area contributed by atoms with Crippen molar-refractivity contribution in [2.24, 2.45) is 11.5 Å². The van der Waals surface area contributed by atoms with Gasteiger partial charge in [-0.15, -0.1) is 0 Å². The topological polar surface area (TPSA) is 145 Å². The molecular weight excluding hydrogens is 532 g/mol. The zero-order valence-corrected chi connectivity index (χ0v) is 27.1. The molecule has 0 aliphatic rings. The number of rotatable bonds is 32. The summed E-state index contributed by atoms with van der Waals surface area (Å²) in [4.78, 5) is 47.9. The number of carbonyl (C=O) groups is 4. The van der Waals surface area contributed by atoms with Crippen molar-refractivity contribution >= 4 is 24.1 Å². The average molecular weight is 597 g/mol. The lowest BCUT2D eigenvalue weighted by molar-refractivity contribution is -0.149. The fourth-order valence-corrected chi connectivity index (χ4v) is 5.20. The van der Waals surface area contributed by atoms with Crippen LogP contribution in [0.2, 0.25) is 0 Å². The van der Waals surface area contributed by atoms with Crippen LogP contribution >= 0.6 is 0 Å². The maximum Gasteiger partial charge on any atom is 0.306 e. The summed E-state index contributed by atoms with van der Waals surface area (Å²) in [6.45, 7) is 7.70. The maximum absolute atomic E-state index is 12.3. The molecule has 5 N–H and O–H groups in total. The normalized spacial score (nSPS) is 12.1. The van der Waals surface area contributed by atoms with Gasteiger partial charge in [-0.2, -0.15) is 0 Å². The first-order valence-corrected chi connectivity index (χ1v) is 17.0. The van der Waals surface area contributed by atoms with E-state index in [0.717, 1.165) is 116 Å². The van der Waals surface area contributed by atoms with Gasteiger partial charge in [-0.1, -0.05) is 84.5 Å². The molecule has 0 saturated carbocycles. The van der Waals surface area contributed by atoms with Gasteiger partial charge in [0, 0.05) is 12.8 Å². The van der Waals surface area contributed by atoms with Gasteiger partial charge in [0.1, 0.15) is 12.4 Å². The van der Waals surface area contributed by atoms with Crippen LogP contribution < -0.4 is 16.8 Å². The zero-order chi connectivity index (χ0) is 31.3. The van der Waals surface area contributed by atoms with Crippen molar-refractivity contribution in [2.45, 2.75) is 161 Å². The van der Waals surface area contributed by atoms with Gasteiger partial charge in [-0.05, 0) is 77.5 Å². The van der Waals surface area contributed by atoms with Crippen LogP contribution in [0.3, 0.4) is 0 Å². The number of hydrogen-bond acceptors (Lipinski definition) is 7. The van der Waals surface area contributed by atoms with E-state index < -0.39 is 17.9 Å². The summed E-state index contributed by atoms with van der Waals surface area (Å²) in [6.07, 6.45) is 23.1. The summed E-state index contributed by atoms with van der Waals surface area (Å²) >= 11 is 0. The number of aldehydes is 1. The van der Waals surface area contributed by atoms with Gasteiger partial charge in [0.15, 0.2) is 6.04 Å². The monoisotopic (exact) mass is 596 g/mol. The molecule has 42 heavy (non-hydrogen) atoms. The number of ether oxygens (including phenoxy) is 1. The summed E-state index contributed by atoms with van der Waals surface area (Å²) in [6, 6.07) is -1.13. The molecular formula is C33H64N4O5. The number of carbonyl (C=O) groups excluding carboxylic acids is 4. The van der Waals surface area contributed by atoms with Gasteiger partial charge in [0.25, 0.3) is 0 Å². The third-order valence-corrected chi connectivity index (χ3v) is 7.85. The predicted molar refractivity (Wildman–Crippen MR) is 171 cm³/mol. The van der Waals surface area contributed by atoms with Crippen LogP contribution in [0.4, 0.5) is 0 Å². The molecule has 0 heterocycles. The highest BCUT2D eigenvalue weighted by Gasteiger charge is 2.20. The van der Waals surface area contributed by atoms with E-state index in [4.69, 9.17) is 16.2 Å². The van der Waals surface area contributed by atoms with Crippen LogP contribution in [0.15, 0.2) is 0 Å². The molecule has 0 aliphatic heterocycles. The van der Waals surface area contributed by atoms with Crippen molar-refractivity contribution in [3.05, 3.63) is 0 Å². The molecule has 0 aromatic heterocycles. The Morgan fingerprint density at radius 3 is 1.81 bits per heavy atom. The van der Waals surface area contributed by atoms with E-state index in [0.29, 0.717) is 19.4 Å². The summed E-state index contributed by atoms with van der Waals surface area (Å²) < 4.78 is 5.73. The molecule has 1 unspecified atom stereocenters. The molecule has 2 amide bonds. The molecule has 0 aromatic rings. The SMILES string of the molecule is CCCCCCCCC(CC)OC(=O)CCCCCCCN(CCCCCCCC=O)CCCNC(C(N)=O)C(N)=O. The second-order valence-corrected chi connectivity index (χ2v) is 11.7. The van der Waals surface area contributed by atoms with Gasteiger partial charge in [0.05, 0.1) is 0 Å². The Morgan fingerprint density at radius 2 is 1.24 bits per heavy atom. The van der Waals surface area contributed by atoms with E-state index in [-0.39, 0.29) is 12.1 Å². The number of nitrogens with zero attached hydrogens (tertiary/aromatic N) is 1. The van der Waals surface area contributed by atoms with E-state index >= 15 is 0 Å². The van der Waals surface area contributed by atoms with Crippen LogP contribution in [-0.2, 0) is 23.9 Å². The Morgan fingerprint density at radius 1 is 0.714 bits per heavy atom. The van der Waals surface area contributed by atoms with E-state index in [1.54, 1.807) is 0 Å². The Balaban J connectivity index is 4.21. The maximum atomic E-state index is 12.3. The van der Waals surface area contributed by atoms with Crippen molar-refractivity contribution < 1.29 is 23.9 Å². The molecule has 246 valence electrons. The van der Waals surface area contributed by atoms with Crippen LogP contribution in [-0.4, -0.2) is 67.3 Å². The Hall–Kier alpha value is -2.00. The Labute approximate surface area is 256 Å². The largest absolute Gasteiger partial charge is 0.462 e. The van der Waals surface area contributed by atoms with Gasteiger partial charge in [0.2, 0.25) is 11.8 Å². The number of nitrogens with two attached hydrogens (primary N) is 2. The number of hydrogen-bond donors (Lipinski definition) is 3. The molecule has 0 aliphatic carbocycles. The van der Waals surface area contributed by atoms with Crippen molar-refractivity contribution in [2.75, 3.05) is 26.2 Å². The molecule has 0 fully saturated rings. The van der Waals surface area contributed by atoms with Crippen LogP contribution in [0.1, 0.15) is 149 Å². The van der Waals surface area contributed by atoms with Crippen molar-refractivity contribution in [3.63, 3.8) is 0 Å². The lowest BCUT2D eigenvalue weighted by atomic mass is 10.1. The lowest BCUT2D eigenvalue weighted by Crippen LogP contribution is -2.50. The smallest absolute Gasteiger partial charge is 0.306 e. The summed E-state index contributed by atoms with van der Waals surface area (Å²) in [5, 5.41) is 2.86. The minimum absolute atomic E-state index is 0.0475. The van der Waals surface area contributed by atoms with Crippen molar-refractivity contribution in [1.29, 1.82) is 0 Å². The average Bonchev–Trinajstić information content (AvgIpc) is 2.96. The van der Waals surface area contributed by atoms with Gasteiger partial charge in [-0.25, -0.2) is 0 Å². The molecule has 0 radical (unpaired) electrons. The molecule has 0 bridgehead atoms. The van der Waals surface area contributed by atoms with Crippen molar-refractivity contribution in [3.8, 4) is 0 Å². The van der Waals surface area contributed by atoms with E-state index in [1.165, 1.54) is 32.1 Å². The second-order valence-electron chi connectivity index (χ2n) is 11.7. The Kier molecular flexibility index (Phi) is 27.7. The molecule has 1 atom stereocenters. The lowest BCUT2D eigenvalue weighted by Gasteiger charge is -2.23. The number of primary amides is 2. The van der Waals surface area contributed by atoms with E-state index in [9.17, 15) is 19.2 Å². The standard InChI is InChI=1S/C33H64N4O5/c1-3-5-6-7-11-16-22-29(4-2)42-30(39)23-17-12-10-14-19-26-37(25-18-13-8-9-15-20-28-38)27-21-24-36-31(32(34)40)33(35)41/h28-29,31,36H,3-27H2,1-2H3,(H2,34,40)(H2,35,41). The fourth-order valence-electron chi connectivity index (χ4n) is 5.20. The van der Waals surface area contributed by atoms with Gasteiger partial charge in [-0.3, -0.25) is 19.7 Å². The highest BCUT2D eigenvalue weighted by Crippen LogP contribution is 2.15. The quantitative estimate of drug-likeness (QED) is 0.0399. The van der Waals surface area contributed by atoms with Gasteiger partial charge >= 0.3 is 5.97 Å². The number of nitrogens with one attached hydrogen (secondary N) is 1. The van der Waals surface area contributed by atoms with Crippen LogP contribution in [0, 0.1) is 0 Å². The number of esters is 1. The second kappa shape index (κ2) is 29.1. The van der Waals surface area contributed by atoms with E-state index in [1.807, 2.05) is 0 Å². The summed E-state index contributed by atoms with van der Waals surface area (Å²) in [7, 11) is 0. The molecule has 0 rings (SSSR count). The minimum Gasteiger partial charge on any atom is -0.462 e. The Bertz CT molecular complexity index is 677. The highest BCUT2D eigenvalue weighted by atomic mass is 16.5. The van der Waals surface area contributed by atoms with Crippen molar-refractivity contribution in [1.82, 2.24) is 10.2 Å². The van der Waals surface area contributed by atoms with E-state index in [2.05, 4.69) is 24.1 Å².